The third-order valence-electron chi connectivity index (χ3n) is 4.20. The summed E-state index contributed by atoms with van der Waals surface area (Å²) in [6, 6.07) is 10.7. The Labute approximate surface area is 158 Å². The predicted molar refractivity (Wildman–Crippen MR) is 95.0 cm³/mol. The van der Waals surface area contributed by atoms with Gasteiger partial charge in [-0.1, -0.05) is 36.4 Å². The summed E-state index contributed by atoms with van der Waals surface area (Å²) in [5.74, 6) is -3.41. The Hall–Kier alpha value is -4.08. The van der Waals surface area contributed by atoms with Crippen molar-refractivity contribution >= 4 is 29.3 Å². The molecule has 1 aliphatic heterocycles. The molecule has 142 valence electrons. The zero-order chi connectivity index (χ0) is 20.4. The van der Waals surface area contributed by atoms with Crippen LogP contribution in [0.3, 0.4) is 0 Å². The molecular weight excluding hydrogens is 368 g/mol. The molecule has 0 saturated heterocycles. The second-order valence-electron chi connectivity index (χ2n) is 5.97. The number of carbonyl (C=O) groups excluding carboxylic acids is 4. The van der Waals surface area contributed by atoms with Gasteiger partial charge in [0.2, 0.25) is 11.8 Å². The van der Waals surface area contributed by atoms with Gasteiger partial charge in [0.15, 0.2) is 0 Å². The van der Waals surface area contributed by atoms with Crippen molar-refractivity contribution in [1.29, 1.82) is 0 Å². The molecule has 1 heterocycles. The van der Waals surface area contributed by atoms with Gasteiger partial charge < -0.3 is 11.1 Å². The molecule has 0 saturated carbocycles. The van der Waals surface area contributed by atoms with E-state index >= 15 is 0 Å². The van der Waals surface area contributed by atoms with Crippen LogP contribution >= 0.6 is 0 Å². The fourth-order valence-electron chi connectivity index (χ4n) is 2.93. The van der Waals surface area contributed by atoms with E-state index in [0.29, 0.717) is 10.5 Å². The van der Waals surface area contributed by atoms with Gasteiger partial charge in [0, 0.05) is 6.07 Å². The lowest BCUT2D eigenvalue weighted by atomic mass is 10.1. The zero-order valence-corrected chi connectivity index (χ0v) is 14.3. The molecule has 0 spiro atoms. The molecule has 3 N–H and O–H groups in total. The van der Waals surface area contributed by atoms with Crippen LogP contribution in [-0.4, -0.2) is 40.0 Å². The maximum Gasteiger partial charge on any atom is 0.282 e. The van der Waals surface area contributed by atoms with Crippen molar-refractivity contribution in [3.05, 3.63) is 75.3 Å². The fourth-order valence-corrected chi connectivity index (χ4v) is 2.93. The highest BCUT2D eigenvalue weighted by atomic mass is 16.6. The number of fused-ring (bicyclic) bond motifs is 1. The maximum absolute atomic E-state index is 12.5. The van der Waals surface area contributed by atoms with Crippen molar-refractivity contribution in [2.45, 2.75) is 6.04 Å². The molecule has 0 fully saturated rings. The molecule has 10 heteroatoms. The minimum Gasteiger partial charge on any atom is -0.368 e. The first-order valence-corrected chi connectivity index (χ1v) is 8.08. The zero-order valence-electron chi connectivity index (χ0n) is 14.3. The Morgan fingerprint density at radius 2 is 1.75 bits per heavy atom. The van der Waals surface area contributed by atoms with Gasteiger partial charge in [0.25, 0.3) is 17.5 Å². The average Bonchev–Trinajstić information content (AvgIpc) is 2.91. The van der Waals surface area contributed by atoms with Gasteiger partial charge >= 0.3 is 0 Å². The van der Waals surface area contributed by atoms with Gasteiger partial charge in [0.05, 0.1) is 10.5 Å². The summed E-state index contributed by atoms with van der Waals surface area (Å²) in [6.45, 7) is -0.708. The Morgan fingerprint density at radius 1 is 1.07 bits per heavy atom. The van der Waals surface area contributed by atoms with E-state index in [1.54, 1.807) is 30.3 Å². The van der Waals surface area contributed by atoms with Gasteiger partial charge in [0.1, 0.15) is 18.2 Å². The van der Waals surface area contributed by atoms with Gasteiger partial charge in [-0.2, -0.15) is 0 Å². The SMILES string of the molecule is NC(=O)C(NC(=O)CN1C(=O)c2cccc([N+](=O)[O-])c2C1=O)c1ccccc1. The van der Waals surface area contributed by atoms with Crippen LogP contribution in [0.15, 0.2) is 48.5 Å². The number of imide groups is 1. The number of nitro groups is 1. The van der Waals surface area contributed by atoms with E-state index in [0.717, 1.165) is 6.07 Å². The topological polar surface area (TPSA) is 153 Å². The summed E-state index contributed by atoms with van der Waals surface area (Å²) < 4.78 is 0. The van der Waals surface area contributed by atoms with Crippen molar-refractivity contribution in [2.75, 3.05) is 6.54 Å². The predicted octanol–water partition coefficient (Wildman–Crippen LogP) is 0.534. The number of nitro benzene ring substituents is 1. The van der Waals surface area contributed by atoms with E-state index in [2.05, 4.69) is 5.32 Å². The standard InChI is InChI=1S/C18H14N4O6/c19-16(24)15(10-5-2-1-3-6-10)20-13(23)9-21-17(25)11-7-4-8-12(22(27)28)14(11)18(21)26/h1-8,15H,9H2,(H2,19,24)(H,20,23). The summed E-state index contributed by atoms with van der Waals surface area (Å²) in [7, 11) is 0. The van der Waals surface area contributed by atoms with Crippen LogP contribution < -0.4 is 11.1 Å². The molecule has 0 radical (unpaired) electrons. The number of benzene rings is 2. The van der Waals surface area contributed by atoms with Crippen LogP contribution in [0.5, 0.6) is 0 Å². The Morgan fingerprint density at radius 3 is 2.36 bits per heavy atom. The summed E-state index contributed by atoms with van der Waals surface area (Å²) in [4.78, 5) is 59.9. The molecule has 0 bridgehead atoms. The molecule has 1 atom stereocenters. The average molecular weight is 382 g/mol. The first kappa shape index (κ1) is 18.7. The van der Waals surface area contributed by atoms with E-state index in [1.807, 2.05) is 0 Å². The second kappa shape index (κ2) is 7.27. The highest BCUT2D eigenvalue weighted by Crippen LogP contribution is 2.30. The van der Waals surface area contributed by atoms with Crippen LogP contribution in [0.25, 0.3) is 0 Å². The maximum atomic E-state index is 12.5. The molecule has 0 aliphatic carbocycles. The molecule has 3 rings (SSSR count). The molecule has 28 heavy (non-hydrogen) atoms. The number of amides is 4. The number of nitrogens with two attached hydrogens (primary N) is 1. The van der Waals surface area contributed by atoms with E-state index in [9.17, 15) is 29.3 Å². The highest BCUT2D eigenvalue weighted by molar-refractivity contribution is 6.24. The second-order valence-corrected chi connectivity index (χ2v) is 5.97. The molecule has 0 aromatic heterocycles. The van der Waals surface area contributed by atoms with Gasteiger partial charge in [-0.25, -0.2) is 0 Å². The van der Waals surface area contributed by atoms with Gasteiger partial charge in [-0.05, 0) is 11.6 Å². The summed E-state index contributed by atoms with van der Waals surface area (Å²) in [5.41, 5.74) is 4.73. The van der Waals surface area contributed by atoms with E-state index in [1.165, 1.54) is 12.1 Å². The summed E-state index contributed by atoms with van der Waals surface area (Å²) in [5, 5.41) is 13.5. The first-order valence-electron chi connectivity index (χ1n) is 8.08. The minimum atomic E-state index is -1.15. The summed E-state index contributed by atoms with van der Waals surface area (Å²) in [6.07, 6.45) is 0. The Balaban J connectivity index is 1.80. The molecule has 2 aromatic rings. The number of hydrogen-bond donors (Lipinski definition) is 2. The molecule has 1 unspecified atom stereocenters. The Bertz CT molecular complexity index is 1000. The molecule has 2 aromatic carbocycles. The van der Waals surface area contributed by atoms with Crippen LogP contribution in [0.2, 0.25) is 0 Å². The van der Waals surface area contributed by atoms with E-state index < -0.39 is 46.8 Å². The lowest BCUT2D eigenvalue weighted by molar-refractivity contribution is -0.385. The largest absolute Gasteiger partial charge is 0.368 e. The highest BCUT2D eigenvalue weighted by Gasteiger charge is 2.41. The van der Waals surface area contributed by atoms with Gasteiger partial charge in [-0.3, -0.25) is 34.2 Å². The monoisotopic (exact) mass is 382 g/mol. The molecule has 10 nitrogen and oxygen atoms in total. The number of nitrogens with one attached hydrogen (secondary N) is 1. The van der Waals surface area contributed by atoms with E-state index in [4.69, 9.17) is 5.73 Å². The van der Waals surface area contributed by atoms with Crippen LogP contribution in [-0.2, 0) is 9.59 Å². The van der Waals surface area contributed by atoms with Crippen LogP contribution in [0.1, 0.15) is 32.3 Å². The lowest BCUT2D eigenvalue weighted by Crippen LogP contribution is -2.44. The Kier molecular flexibility index (Phi) is 4.86. The van der Waals surface area contributed by atoms with Crippen LogP contribution in [0.4, 0.5) is 5.69 Å². The summed E-state index contributed by atoms with van der Waals surface area (Å²) >= 11 is 0. The fraction of sp³-hybridized carbons (Fsp3) is 0.111. The lowest BCUT2D eigenvalue weighted by Gasteiger charge is -2.18. The van der Waals surface area contributed by atoms with Gasteiger partial charge in [-0.15, -0.1) is 0 Å². The smallest absolute Gasteiger partial charge is 0.282 e. The minimum absolute atomic E-state index is 0.151. The number of rotatable bonds is 6. The number of carbonyl (C=O) groups is 4. The van der Waals surface area contributed by atoms with E-state index in [-0.39, 0.29) is 11.1 Å². The van der Waals surface area contributed by atoms with Crippen molar-refractivity contribution < 1.29 is 24.1 Å². The normalized spacial score (nSPS) is 13.8. The van der Waals surface area contributed by atoms with Crippen molar-refractivity contribution in [3.63, 3.8) is 0 Å². The number of primary amides is 1. The van der Waals surface area contributed by atoms with Crippen molar-refractivity contribution in [1.82, 2.24) is 10.2 Å². The van der Waals surface area contributed by atoms with Crippen molar-refractivity contribution in [3.8, 4) is 0 Å². The third kappa shape index (κ3) is 3.30. The molecule has 4 amide bonds. The van der Waals surface area contributed by atoms with Crippen molar-refractivity contribution in [2.24, 2.45) is 5.73 Å². The van der Waals surface area contributed by atoms with Crippen LogP contribution in [0, 0.1) is 10.1 Å². The number of hydrogen-bond acceptors (Lipinski definition) is 6. The first-order chi connectivity index (χ1) is 13.3. The molecular formula is C18H14N4O6. The number of nitrogens with zero attached hydrogens (tertiary/aromatic N) is 2. The third-order valence-corrected chi connectivity index (χ3v) is 4.20. The molecule has 1 aliphatic rings. The quantitative estimate of drug-likeness (QED) is 0.422.